The molecular weight excluding hydrogens is 416 g/mol. The monoisotopic (exact) mass is 438 g/mol. The molecule has 30 heavy (non-hydrogen) atoms. The first-order valence-corrected chi connectivity index (χ1v) is 11.8. The fourth-order valence-electron chi connectivity index (χ4n) is 4.30. The summed E-state index contributed by atoms with van der Waals surface area (Å²) in [7, 11) is 0. The van der Waals surface area contributed by atoms with E-state index in [2.05, 4.69) is 20.5 Å². The number of benzene rings is 1. The molecule has 2 aliphatic rings. The summed E-state index contributed by atoms with van der Waals surface area (Å²) in [5.41, 5.74) is 2.00. The van der Waals surface area contributed by atoms with Crippen LogP contribution in [0.25, 0.3) is 9.88 Å². The van der Waals surface area contributed by atoms with Crippen LogP contribution in [0.5, 0.6) is 0 Å². The Hall–Kier alpha value is -2.71. The molecule has 1 spiro atoms. The van der Waals surface area contributed by atoms with Crippen molar-refractivity contribution in [2.24, 2.45) is 5.41 Å². The number of carbonyl (C=O) groups is 2. The van der Waals surface area contributed by atoms with Gasteiger partial charge in [-0.05, 0) is 42.8 Å². The standard InChI is InChI=1S/C22H22N4O2S2/c27-19(16-14-30-20(25-16)18-6-3-13-29-18)24-15-4-1-2-5-17(15)26-11-8-22(9-12-26)7-10-23-21(22)28/h1-6,13-14H,7-12H2,(H,23,28)(H,24,27). The van der Waals surface area contributed by atoms with E-state index in [9.17, 15) is 9.59 Å². The van der Waals surface area contributed by atoms with Gasteiger partial charge in [-0.15, -0.1) is 22.7 Å². The second-order valence-electron chi connectivity index (χ2n) is 7.76. The van der Waals surface area contributed by atoms with Gasteiger partial charge in [-0.1, -0.05) is 18.2 Å². The van der Waals surface area contributed by atoms with Gasteiger partial charge >= 0.3 is 0 Å². The van der Waals surface area contributed by atoms with Crippen molar-refractivity contribution in [3.8, 4) is 9.88 Å². The molecule has 0 saturated carbocycles. The minimum Gasteiger partial charge on any atom is -0.370 e. The number of amides is 2. The van der Waals surface area contributed by atoms with E-state index in [1.54, 1.807) is 16.7 Å². The molecule has 0 atom stereocenters. The van der Waals surface area contributed by atoms with Crippen molar-refractivity contribution in [1.82, 2.24) is 10.3 Å². The second kappa shape index (κ2) is 7.85. The Kier molecular flexibility index (Phi) is 5.04. The van der Waals surface area contributed by atoms with Gasteiger partial charge in [0.2, 0.25) is 5.91 Å². The van der Waals surface area contributed by atoms with Crippen molar-refractivity contribution in [2.75, 3.05) is 29.9 Å². The van der Waals surface area contributed by atoms with Crippen LogP contribution < -0.4 is 15.5 Å². The molecule has 2 aromatic heterocycles. The molecule has 2 amide bonds. The van der Waals surface area contributed by atoms with Gasteiger partial charge in [0.1, 0.15) is 10.7 Å². The molecule has 8 heteroatoms. The number of nitrogens with zero attached hydrogens (tertiary/aromatic N) is 2. The molecule has 0 unspecified atom stereocenters. The summed E-state index contributed by atoms with van der Waals surface area (Å²) < 4.78 is 0. The maximum absolute atomic E-state index is 12.8. The van der Waals surface area contributed by atoms with Crippen molar-refractivity contribution < 1.29 is 9.59 Å². The van der Waals surface area contributed by atoms with Crippen LogP contribution in [0, 0.1) is 5.41 Å². The maximum atomic E-state index is 12.8. The highest BCUT2D eigenvalue weighted by Crippen LogP contribution is 2.40. The zero-order valence-corrected chi connectivity index (χ0v) is 18.0. The highest BCUT2D eigenvalue weighted by molar-refractivity contribution is 7.20. The molecule has 154 valence electrons. The van der Waals surface area contributed by atoms with Gasteiger partial charge in [0.05, 0.1) is 21.7 Å². The Labute approximate surface area is 183 Å². The Morgan fingerprint density at radius 1 is 1.10 bits per heavy atom. The number of thiophene rings is 1. The number of rotatable bonds is 4. The first-order chi connectivity index (χ1) is 14.6. The summed E-state index contributed by atoms with van der Waals surface area (Å²) in [6, 6.07) is 11.8. The third-order valence-electron chi connectivity index (χ3n) is 6.05. The molecule has 4 heterocycles. The van der Waals surface area contributed by atoms with Crippen LogP contribution in [0.2, 0.25) is 0 Å². The lowest BCUT2D eigenvalue weighted by molar-refractivity contribution is -0.128. The highest BCUT2D eigenvalue weighted by atomic mass is 32.1. The first-order valence-electron chi connectivity index (χ1n) is 10.1. The van der Waals surface area contributed by atoms with Gasteiger partial charge < -0.3 is 15.5 Å². The summed E-state index contributed by atoms with van der Waals surface area (Å²) in [5.74, 6) is -0.000952. The van der Waals surface area contributed by atoms with Gasteiger partial charge in [0.25, 0.3) is 5.91 Å². The Bertz CT molecular complexity index is 1070. The van der Waals surface area contributed by atoms with Crippen molar-refractivity contribution in [2.45, 2.75) is 19.3 Å². The predicted octanol–water partition coefficient (Wildman–Crippen LogP) is 4.23. The van der Waals surface area contributed by atoms with E-state index in [4.69, 9.17) is 0 Å². The van der Waals surface area contributed by atoms with E-state index >= 15 is 0 Å². The van der Waals surface area contributed by atoms with E-state index in [-0.39, 0.29) is 17.2 Å². The third-order valence-corrected chi connectivity index (χ3v) is 7.93. The minimum absolute atomic E-state index is 0.201. The quantitative estimate of drug-likeness (QED) is 0.639. The van der Waals surface area contributed by atoms with Gasteiger partial charge in [0.15, 0.2) is 0 Å². The molecule has 2 aliphatic heterocycles. The van der Waals surface area contributed by atoms with Crippen LogP contribution in [0.1, 0.15) is 29.8 Å². The van der Waals surface area contributed by atoms with E-state index in [0.29, 0.717) is 5.69 Å². The Balaban J connectivity index is 1.31. The van der Waals surface area contributed by atoms with Crippen molar-refractivity contribution in [3.63, 3.8) is 0 Å². The summed E-state index contributed by atoms with van der Waals surface area (Å²) in [4.78, 5) is 32.9. The fourth-order valence-corrected chi connectivity index (χ4v) is 5.92. The van der Waals surface area contributed by atoms with Gasteiger partial charge in [0, 0.05) is 25.0 Å². The number of hydrogen-bond donors (Lipinski definition) is 2. The molecule has 2 saturated heterocycles. The molecular formula is C22H22N4O2S2. The van der Waals surface area contributed by atoms with Gasteiger partial charge in [-0.3, -0.25) is 9.59 Å². The lowest BCUT2D eigenvalue weighted by Crippen LogP contribution is -2.44. The SMILES string of the molecule is O=C(Nc1ccccc1N1CCC2(CCNC2=O)CC1)c1csc(-c2cccs2)n1. The summed E-state index contributed by atoms with van der Waals surface area (Å²) in [6.45, 7) is 2.39. The second-order valence-corrected chi connectivity index (χ2v) is 9.57. The molecule has 6 nitrogen and oxygen atoms in total. The van der Waals surface area contributed by atoms with E-state index in [1.165, 1.54) is 11.3 Å². The average molecular weight is 439 g/mol. The van der Waals surface area contributed by atoms with Gasteiger partial charge in [-0.2, -0.15) is 0 Å². The van der Waals surface area contributed by atoms with E-state index in [0.717, 1.165) is 60.2 Å². The zero-order chi connectivity index (χ0) is 20.6. The lowest BCUT2D eigenvalue weighted by Gasteiger charge is -2.39. The lowest BCUT2D eigenvalue weighted by atomic mass is 9.77. The molecule has 0 radical (unpaired) electrons. The maximum Gasteiger partial charge on any atom is 0.275 e. The predicted molar refractivity (Wildman–Crippen MR) is 121 cm³/mol. The largest absolute Gasteiger partial charge is 0.370 e. The zero-order valence-electron chi connectivity index (χ0n) is 16.4. The Morgan fingerprint density at radius 2 is 1.93 bits per heavy atom. The van der Waals surface area contributed by atoms with E-state index in [1.807, 2.05) is 41.8 Å². The van der Waals surface area contributed by atoms with Crippen LogP contribution in [-0.4, -0.2) is 36.4 Å². The minimum atomic E-state index is -0.204. The number of para-hydroxylation sites is 2. The number of nitrogens with one attached hydrogen (secondary N) is 2. The van der Waals surface area contributed by atoms with Crippen LogP contribution in [0.4, 0.5) is 11.4 Å². The number of aromatic nitrogens is 1. The number of hydrogen-bond acceptors (Lipinski definition) is 6. The van der Waals surface area contributed by atoms with Crippen LogP contribution in [-0.2, 0) is 4.79 Å². The molecule has 5 rings (SSSR count). The molecule has 2 fully saturated rings. The number of anilines is 2. The topological polar surface area (TPSA) is 74.3 Å². The summed E-state index contributed by atoms with van der Waals surface area (Å²) in [6.07, 6.45) is 2.61. The molecule has 1 aromatic carbocycles. The van der Waals surface area contributed by atoms with E-state index < -0.39 is 0 Å². The number of thiazole rings is 1. The summed E-state index contributed by atoms with van der Waals surface area (Å²) in [5, 5.41) is 10.7. The third kappa shape index (κ3) is 3.50. The highest BCUT2D eigenvalue weighted by Gasteiger charge is 2.44. The van der Waals surface area contributed by atoms with Crippen LogP contribution in [0.3, 0.4) is 0 Å². The molecule has 0 bridgehead atoms. The summed E-state index contributed by atoms with van der Waals surface area (Å²) >= 11 is 3.09. The molecule has 0 aliphatic carbocycles. The van der Waals surface area contributed by atoms with Crippen LogP contribution in [0.15, 0.2) is 47.2 Å². The number of piperidine rings is 1. The average Bonchev–Trinajstić information content (AvgIpc) is 3.51. The first kappa shape index (κ1) is 19.3. The van der Waals surface area contributed by atoms with Crippen LogP contribution >= 0.6 is 22.7 Å². The van der Waals surface area contributed by atoms with Crippen molar-refractivity contribution in [1.29, 1.82) is 0 Å². The molecule has 2 N–H and O–H groups in total. The molecule has 3 aromatic rings. The van der Waals surface area contributed by atoms with Gasteiger partial charge in [-0.25, -0.2) is 4.98 Å². The fraction of sp³-hybridized carbons (Fsp3) is 0.318. The smallest absolute Gasteiger partial charge is 0.275 e. The van der Waals surface area contributed by atoms with Crippen molar-refractivity contribution >= 4 is 45.9 Å². The van der Waals surface area contributed by atoms with Crippen molar-refractivity contribution in [3.05, 3.63) is 52.9 Å². The Morgan fingerprint density at radius 3 is 2.67 bits per heavy atom. The number of carbonyl (C=O) groups excluding carboxylic acids is 2. The normalized spacial score (nSPS) is 17.9.